The average molecular weight is 229 g/mol. The standard InChI is InChI=1S/C11H13ClO3/c12-10-4-2-1-3-9(10)5-7-15-8-6-11(13)14/h1-4H,5-8H2,(H,13,14). The third-order valence-electron chi connectivity index (χ3n) is 1.93. The van der Waals surface area contributed by atoms with Crippen molar-refractivity contribution in [1.82, 2.24) is 0 Å². The lowest BCUT2D eigenvalue weighted by atomic mass is 10.2. The lowest BCUT2D eigenvalue weighted by Gasteiger charge is -2.04. The summed E-state index contributed by atoms with van der Waals surface area (Å²) in [5.74, 6) is -0.840. The first-order chi connectivity index (χ1) is 7.20. The van der Waals surface area contributed by atoms with Crippen LogP contribution in [0.4, 0.5) is 0 Å². The maximum absolute atomic E-state index is 10.2. The Kier molecular flexibility index (Phi) is 5.15. The molecule has 0 bridgehead atoms. The molecule has 1 N–H and O–H groups in total. The Morgan fingerprint density at radius 3 is 2.73 bits per heavy atom. The summed E-state index contributed by atoms with van der Waals surface area (Å²) in [5, 5.41) is 9.09. The monoisotopic (exact) mass is 228 g/mol. The largest absolute Gasteiger partial charge is 0.481 e. The van der Waals surface area contributed by atoms with Crippen molar-refractivity contribution in [2.24, 2.45) is 0 Å². The number of halogens is 1. The minimum absolute atomic E-state index is 0.0442. The minimum Gasteiger partial charge on any atom is -0.481 e. The van der Waals surface area contributed by atoms with Gasteiger partial charge in [0, 0.05) is 5.02 Å². The Morgan fingerprint density at radius 1 is 1.33 bits per heavy atom. The van der Waals surface area contributed by atoms with Gasteiger partial charge in [0.05, 0.1) is 19.6 Å². The van der Waals surface area contributed by atoms with Crippen molar-refractivity contribution in [2.45, 2.75) is 12.8 Å². The van der Waals surface area contributed by atoms with E-state index < -0.39 is 5.97 Å². The van der Waals surface area contributed by atoms with Crippen LogP contribution in [0.2, 0.25) is 5.02 Å². The second kappa shape index (κ2) is 6.43. The highest BCUT2D eigenvalue weighted by molar-refractivity contribution is 6.31. The molecule has 0 fully saturated rings. The molecule has 0 unspecified atom stereocenters. The zero-order valence-corrected chi connectivity index (χ0v) is 9.04. The van der Waals surface area contributed by atoms with E-state index in [0.29, 0.717) is 13.0 Å². The highest BCUT2D eigenvalue weighted by Gasteiger charge is 1.99. The lowest BCUT2D eigenvalue weighted by Crippen LogP contribution is -2.05. The van der Waals surface area contributed by atoms with E-state index in [1.807, 2.05) is 24.3 Å². The van der Waals surface area contributed by atoms with Crippen LogP contribution in [0.3, 0.4) is 0 Å². The maximum atomic E-state index is 10.2. The van der Waals surface area contributed by atoms with E-state index in [0.717, 1.165) is 10.6 Å². The number of benzene rings is 1. The number of ether oxygens (including phenoxy) is 1. The fourth-order valence-electron chi connectivity index (χ4n) is 1.14. The van der Waals surface area contributed by atoms with Crippen molar-refractivity contribution in [2.75, 3.05) is 13.2 Å². The summed E-state index contributed by atoms with van der Waals surface area (Å²) in [4.78, 5) is 10.2. The second-order valence-electron chi connectivity index (χ2n) is 3.10. The number of hydrogen-bond acceptors (Lipinski definition) is 2. The molecule has 15 heavy (non-hydrogen) atoms. The molecule has 0 radical (unpaired) electrons. The molecule has 0 saturated heterocycles. The molecule has 0 aromatic heterocycles. The number of rotatable bonds is 6. The summed E-state index contributed by atoms with van der Waals surface area (Å²) in [5.41, 5.74) is 1.02. The molecule has 3 nitrogen and oxygen atoms in total. The summed E-state index contributed by atoms with van der Waals surface area (Å²) >= 11 is 5.94. The van der Waals surface area contributed by atoms with Gasteiger partial charge >= 0.3 is 5.97 Å². The second-order valence-corrected chi connectivity index (χ2v) is 3.50. The van der Waals surface area contributed by atoms with Gasteiger partial charge in [0.2, 0.25) is 0 Å². The lowest BCUT2D eigenvalue weighted by molar-refractivity contribution is -0.138. The van der Waals surface area contributed by atoms with Crippen molar-refractivity contribution < 1.29 is 14.6 Å². The van der Waals surface area contributed by atoms with Crippen LogP contribution in [-0.4, -0.2) is 24.3 Å². The van der Waals surface area contributed by atoms with Gasteiger partial charge in [-0.3, -0.25) is 4.79 Å². The van der Waals surface area contributed by atoms with E-state index in [1.165, 1.54) is 0 Å². The molecule has 4 heteroatoms. The predicted molar refractivity (Wildman–Crippen MR) is 58.2 cm³/mol. The SMILES string of the molecule is O=C(O)CCOCCc1ccccc1Cl. The molecule has 0 amide bonds. The molecule has 0 aliphatic heterocycles. The van der Waals surface area contributed by atoms with Gasteiger partial charge in [0.25, 0.3) is 0 Å². The number of aliphatic carboxylic acids is 1. The summed E-state index contributed by atoms with van der Waals surface area (Å²) in [6.45, 7) is 0.747. The number of carbonyl (C=O) groups is 1. The van der Waals surface area contributed by atoms with Crippen molar-refractivity contribution in [3.8, 4) is 0 Å². The van der Waals surface area contributed by atoms with Gasteiger partial charge in [0.1, 0.15) is 0 Å². The first-order valence-electron chi connectivity index (χ1n) is 4.73. The molecule has 0 aliphatic rings. The molecule has 0 atom stereocenters. The molecule has 0 heterocycles. The van der Waals surface area contributed by atoms with E-state index in [1.54, 1.807) is 0 Å². The normalized spacial score (nSPS) is 10.2. The minimum atomic E-state index is -0.840. The zero-order chi connectivity index (χ0) is 11.1. The summed E-state index contributed by atoms with van der Waals surface area (Å²) in [6.07, 6.45) is 0.752. The molecule has 1 aromatic carbocycles. The van der Waals surface area contributed by atoms with Crippen molar-refractivity contribution in [1.29, 1.82) is 0 Å². The van der Waals surface area contributed by atoms with Gasteiger partial charge in [-0.25, -0.2) is 0 Å². The van der Waals surface area contributed by atoms with E-state index in [4.69, 9.17) is 21.4 Å². The Bertz CT molecular complexity index is 325. The fourth-order valence-corrected chi connectivity index (χ4v) is 1.38. The van der Waals surface area contributed by atoms with Gasteiger partial charge in [0.15, 0.2) is 0 Å². The Morgan fingerprint density at radius 2 is 2.07 bits per heavy atom. The van der Waals surface area contributed by atoms with E-state index in [9.17, 15) is 4.79 Å². The molecule has 0 saturated carbocycles. The van der Waals surface area contributed by atoms with Gasteiger partial charge in [-0.05, 0) is 18.1 Å². The Labute approximate surface area is 93.6 Å². The van der Waals surface area contributed by atoms with Gasteiger partial charge in [-0.2, -0.15) is 0 Å². The fraction of sp³-hybridized carbons (Fsp3) is 0.364. The molecule has 82 valence electrons. The van der Waals surface area contributed by atoms with Crippen LogP contribution in [-0.2, 0) is 16.0 Å². The Hall–Kier alpha value is -1.06. The number of hydrogen-bond donors (Lipinski definition) is 1. The highest BCUT2D eigenvalue weighted by Crippen LogP contribution is 2.15. The van der Waals surface area contributed by atoms with Gasteiger partial charge in [-0.15, -0.1) is 0 Å². The molecule has 0 spiro atoms. The van der Waals surface area contributed by atoms with E-state index >= 15 is 0 Å². The maximum Gasteiger partial charge on any atom is 0.305 e. The number of carboxylic acid groups (broad SMARTS) is 1. The third-order valence-corrected chi connectivity index (χ3v) is 2.30. The first kappa shape index (κ1) is 12.0. The predicted octanol–water partition coefficient (Wildman–Crippen LogP) is 2.37. The first-order valence-corrected chi connectivity index (χ1v) is 5.11. The zero-order valence-electron chi connectivity index (χ0n) is 8.28. The molecular weight excluding hydrogens is 216 g/mol. The topological polar surface area (TPSA) is 46.5 Å². The highest BCUT2D eigenvalue weighted by atomic mass is 35.5. The van der Waals surface area contributed by atoms with Crippen LogP contribution >= 0.6 is 11.6 Å². The van der Waals surface area contributed by atoms with E-state index in [2.05, 4.69) is 0 Å². The quantitative estimate of drug-likeness (QED) is 0.761. The third kappa shape index (κ3) is 4.81. The Balaban J connectivity index is 2.21. The van der Waals surface area contributed by atoms with Crippen molar-refractivity contribution in [3.63, 3.8) is 0 Å². The van der Waals surface area contributed by atoms with Crippen LogP contribution in [0.1, 0.15) is 12.0 Å². The summed E-state index contributed by atoms with van der Waals surface area (Å²) < 4.78 is 5.16. The van der Waals surface area contributed by atoms with Crippen LogP contribution < -0.4 is 0 Å². The van der Waals surface area contributed by atoms with Crippen LogP contribution in [0.5, 0.6) is 0 Å². The molecule has 0 aliphatic carbocycles. The van der Waals surface area contributed by atoms with Gasteiger partial charge < -0.3 is 9.84 Å². The summed E-state index contributed by atoms with van der Waals surface area (Å²) in [7, 11) is 0. The smallest absolute Gasteiger partial charge is 0.305 e. The van der Waals surface area contributed by atoms with Crippen LogP contribution in [0.25, 0.3) is 0 Å². The molecule has 1 aromatic rings. The van der Waals surface area contributed by atoms with Crippen LogP contribution in [0, 0.1) is 0 Å². The molecule has 1 rings (SSSR count). The summed E-state index contributed by atoms with van der Waals surface area (Å²) in [6, 6.07) is 7.55. The average Bonchev–Trinajstić information content (AvgIpc) is 2.20. The van der Waals surface area contributed by atoms with E-state index in [-0.39, 0.29) is 13.0 Å². The van der Waals surface area contributed by atoms with Crippen molar-refractivity contribution in [3.05, 3.63) is 34.9 Å². The molecular formula is C11H13ClO3. The number of carboxylic acids is 1. The van der Waals surface area contributed by atoms with Gasteiger partial charge in [-0.1, -0.05) is 29.8 Å². The van der Waals surface area contributed by atoms with Crippen molar-refractivity contribution >= 4 is 17.6 Å². The van der Waals surface area contributed by atoms with Crippen LogP contribution in [0.15, 0.2) is 24.3 Å².